The van der Waals surface area contributed by atoms with Gasteiger partial charge in [0.1, 0.15) is 17.6 Å². The third-order valence-electron chi connectivity index (χ3n) is 5.86. The van der Waals surface area contributed by atoms with Crippen molar-refractivity contribution in [1.82, 2.24) is 14.5 Å². The second kappa shape index (κ2) is 9.85. The molecule has 0 unspecified atom stereocenters. The first-order chi connectivity index (χ1) is 16.3. The number of carbonyl (C=O) groups is 2. The van der Waals surface area contributed by atoms with E-state index in [-0.39, 0.29) is 41.6 Å². The van der Waals surface area contributed by atoms with Crippen molar-refractivity contribution in [3.8, 4) is 11.8 Å². The number of likely N-dealkylation sites (N-methyl/N-ethyl adjacent to an activating group) is 1. The lowest BCUT2D eigenvalue weighted by Crippen LogP contribution is -2.46. The summed E-state index contributed by atoms with van der Waals surface area (Å²) in [5.74, 6) is -0.560. The van der Waals surface area contributed by atoms with Crippen LogP contribution >= 0.6 is 11.6 Å². The quantitative estimate of drug-likeness (QED) is 0.466. The molecular formula is C25H26ClFN4O3. The molecule has 0 fully saturated rings. The van der Waals surface area contributed by atoms with E-state index in [1.165, 1.54) is 23.1 Å². The van der Waals surface area contributed by atoms with Gasteiger partial charge >= 0.3 is 6.01 Å². The molecule has 1 aromatic heterocycles. The van der Waals surface area contributed by atoms with Crippen LogP contribution in [-0.2, 0) is 11.3 Å². The number of unbranched alkanes of at least 4 members (excludes halogenated alkanes) is 1. The van der Waals surface area contributed by atoms with Gasteiger partial charge in [0.15, 0.2) is 11.5 Å². The Hall–Kier alpha value is -3.39. The van der Waals surface area contributed by atoms with Crippen LogP contribution in [0.4, 0.5) is 10.2 Å². The average molecular weight is 485 g/mol. The second-order valence-corrected chi connectivity index (χ2v) is 8.70. The number of anilines is 1. The maximum atomic E-state index is 13.8. The summed E-state index contributed by atoms with van der Waals surface area (Å²) in [6.07, 6.45) is 1.64. The van der Waals surface area contributed by atoms with E-state index < -0.39 is 11.9 Å². The van der Waals surface area contributed by atoms with Crippen molar-refractivity contribution in [3.05, 3.63) is 70.6 Å². The predicted molar refractivity (Wildman–Crippen MR) is 128 cm³/mol. The van der Waals surface area contributed by atoms with Crippen molar-refractivity contribution in [3.63, 3.8) is 0 Å². The van der Waals surface area contributed by atoms with Crippen LogP contribution in [0.1, 0.15) is 42.7 Å². The fourth-order valence-electron chi connectivity index (χ4n) is 3.95. The van der Waals surface area contributed by atoms with Gasteiger partial charge in [0.05, 0.1) is 6.54 Å². The Kier molecular flexibility index (Phi) is 6.88. The van der Waals surface area contributed by atoms with Crippen molar-refractivity contribution in [1.29, 1.82) is 0 Å². The minimum Gasteiger partial charge on any atom is -0.425 e. The Labute approximate surface area is 202 Å². The number of carbonyl (C=O) groups excluding carboxylic acids is 2. The van der Waals surface area contributed by atoms with Crippen LogP contribution in [0, 0.1) is 5.82 Å². The lowest BCUT2D eigenvalue weighted by molar-refractivity contribution is -0.122. The van der Waals surface area contributed by atoms with Gasteiger partial charge in [0, 0.05) is 24.7 Å². The molecule has 0 spiro atoms. The first-order valence-corrected chi connectivity index (χ1v) is 11.5. The molecule has 2 amide bonds. The van der Waals surface area contributed by atoms with E-state index in [2.05, 4.69) is 4.98 Å². The molecule has 34 heavy (non-hydrogen) atoms. The van der Waals surface area contributed by atoms with Crippen LogP contribution < -0.4 is 9.64 Å². The number of aromatic nitrogens is 2. The highest BCUT2D eigenvalue weighted by Crippen LogP contribution is 2.34. The summed E-state index contributed by atoms with van der Waals surface area (Å²) >= 11 is 6.04. The van der Waals surface area contributed by atoms with Gasteiger partial charge in [0.2, 0.25) is 5.91 Å². The molecule has 0 radical (unpaired) electrons. The standard InChI is InChI=1S/C25H26ClFN4O3/c1-4-5-13-30-16(2)23(32)29(3)22-21(24(30)33)31(15-17-9-11-18(26)12-10-17)25(28-22)34-20-8-6-7-19(27)14-20/h6-12,14,16H,4-5,13,15H2,1-3H3/t16-/m0/s1. The van der Waals surface area contributed by atoms with Gasteiger partial charge < -0.3 is 9.64 Å². The normalized spacial score (nSPS) is 16.0. The second-order valence-electron chi connectivity index (χ2n) is 8.26. The van der Waals surface area contributed by atoms with E-state index in [1.807, 2.05) is 19.1 Å². The number of imidazole rings is 1. The highest BCUT2D eigenvalue weighted by Gasteiger charge is 2.40. The van der Waals surface area contributed by atoms with Gasteiger partial charge in [0.25, 0.3) is 5.91 Å². The monoisotopic (exact) mass is 484 g/mol. The van der Waals surface area contributed by atoms with Crippen LogP contribution in [-0.4, -0.2) is 45.9 Å². The molecule has 3 aromatic rings. The van der Waals surface area contributed by atoms with E-state index in [0.717, 1.165) is 18.4 Å². The summed E-state index contributed by atoms with van der Waals surface area (Å²) in [6, 6.07) is 12.3. The molecule has 178 valence electrons. The number of ether oxygens (including phenoxy) is 1. The molecular weight excluding hydrogens is 459 g/mol. The number of benzene rings is 2. The number of rotatable bonds is 7. The molecule has 2 aromatic carbocycles. The third kappa shape index (κ3) is 4.63. The van der Waals surface area contributed by atoms with E-state index in [9.17, 15) is 14.0 Å². The molecule has 4 rings (SSSR count). The number of nitrogens with zero attached hydrogens (tertiary/aromatic N) is 4. The minimum atomic E-state index is -0.630. The molecule has 0 N–H and O–H groups in total. The number of amides is 2. The Bertz CT molecular complexity index is 1210. The van der Waals surface area contributed by atoms with Crippen LogP contribution in [0.2, 0.25) is 5.02 Å². The first kappa shape index (κ1) is 23.8. The maximum absolute atomic E-state index is 13.8. The van der Waals surface area contributed by atoms with Gasteiger partial charge in [-0.1, -0.05) is 43.1 Å². The zero-order valence-electron chi connectivity index (χ0n) is 19.3. The van der Waals surface area contributed by atoms with Crippen molar-refractivity contribution in [2.24, 2.45) is 0 Å². The molecule has 1 aliphatic rings. The van der Waals surface area contributed by atoms with Crippen LogP contribution in [0.5, 0.6) is 11.8 Å². The van der Waals surface area contributed by atoms with Crippen LogP contribution in [0.15, 0.2) is 48.5 Å². The van der Waals surface area contributed by atoms with Gasteiger partial charge in [-0.05, 0) is 43.2 Å². The molecule has 1 atom stereocenters. The lowest BCUT2D eigenvalue weighted by Gasteiger charge is -2.27. The topological polar surface area (TPSA) is 67.7 Å². The smallest absolute Gasteiger partial charge is 0.304 e. The Morgan fingerprint density at radius 2 is 1.88 bits per heavy atom. The molecule has 9 heteroatoms. The van der Waals surface area contributed by atoms with E-state index >= 15 is 0 Å². The van der Waals surface area contributed by atoms with Crippen molar-refractivity contribution < 1.29 is 18.7 Å². The van der Waals surface area contributed by atoms with Gasteiger partial charge in [-0.15, -0.1) is 0 Å². The molecule has 0 aliphatic carbocycles. The number of fused-ring (bicyclic) bond motifs is 1. The Balaban J connectivity index is 1.85. The summed E-state index contributed by atoms with van der Waals surface area (Å²) in [6.45, 7) is 4.45. The van der Waals surface area contributed by atoms with Crippen molar-refractivity contribution in [2.45, 2.75) is 39.3 Å². The molecule has 0 saturated carbocycles. The highest BCUT2D eigenvalue weighted by molar-refractivity contribution is 6.30. The van der Waals surface area contributed by atoms with Crippen molar-refractivity contribution in [2.75, 3.05) is 18.5 Å². The minimum absolute atomic E-state index is 0.0866. The summed E-state index contributed by atoms with van der Waals surface area (Å²) in [5.41, 5.74) is 1.10. The Morgan fingerprint density at radius 1 is 1.15 bits per heavy atom. The molecule has 0 bridgehead atoms. The number of halogens is 2. The van der Waals surface area contributed by atoms with Gasteiger partial charge in [-0.2, -0.15) is 4.98 Å². The Morgan fingerprint density at radius 3 is 2.56 bits per heavy atom. The zero-order valence-corrected chi connectivity index (χ0v) is 20.1. The SMILES string of the molecule is CCCCN1C(=O)c2c(nc(Oc3cccc(F)c3)n2Cc2ccc(Cl)cc2)N(C)C(=O)[C@@H]1C. The molecule has 0 saturated heterocycles. The average Bonchev–Trinajstić information content (AvgIpc) is 3.14. The number of hydrogen-bond acceptors (Lipinski definition) is 4. The molecule has 7 nitrogen and oxygen atoms in total. The van der Waals surface area contributed by atoms with E-state index in [4.69, 9.17) is 16.3 Å². The number of hydrogen-bond donors (Lipinski definition) is 0. The fourth-order valence-corrected chi connectivity index (χ4v) is 4.08. The molecule has 1 aliphatic heterocycles. The highest BCUT2D eigenvalue weighted by atomic mass is 35.5. The summed E-state index contributed by atoms with van der Waals surface area (Å²) in [5, 5.41) is 0.588. The first-order valence-electron chi connectivity index (χ1n) is 11.2. The van der Waals surface area contributed by atoms with E-state index in [0.29, 0.717) is 11.6 Å². The van der Waals surface area contributed by atoms with Crippen LogP contribution in [0.3, 0.4) is 0 Å². The fraction of sp³-hybridized carbons (Fsp3) is 0.320. The van der Waals surface area contributed by atoms with E-state index in [1.54, 1.807) is 41.6 Å². The van der Waals surface area contributed by atoms with Gasteiger partial charge in [-0.3, -0.25) is 19.1 Å². The zero-order chi connectivity index (χ0) is 24.4. The predicted octanol–water partition coefficient (Wildman–Crippen LogP) is 5.12. The third-order valence-corrected chi connectivity index (χ3v) is 6.11. The summed E-state index contributed by atoms with van der Waals surface area (Å²) in [7, 11) is 1.60. The van der Waals surface area contributed by atoms with Gasteiger partial charge in [-0.25, -0.2) is 4.39 Å². The molecule has 2 heterocycles. The lowest BCUT2D eigenvalue weighted by atomic mass is 10.2. The summed E-state index contributed by atoms with van der Waals surface area (Å²) in [4.78, 5) is 34.4. The van der Waals surface area contributed by atoms with Crippen LogP contribution in [0.25, 0.3) is 0 Å². The van der Waals surface area contributed by atoms with Crippen molar-refractivity contribution >= 4 is 29.2 Å². The largest absolute Gasteiger partial charge is 0.425 e. The summed E-state index contributed by atoms with van der Waals surface area (Å²) < 4.78 is 21.4. The maximum Gasteiger partial charge on any atom is 0.304 e.